The SMILES string of the molecule is COC(=O)C(C)N(C(=S)CC(=S)OC)c1c(C)cccc1C. The van der Waals surface area contributed by atoms with E-state index in [4.69, 9.17) is 33.9 Å². The lowest BCUT2D eigenvalue weighted by molar-refractivity contribution is -0.141. The van der Waals surface area contributed by atoms with Gasteiger partial charge in [0.25, 0.3) is 0 Å². The number of nitrogens with zero attached hydrogens (tertiary/aromatic N) is 1. The molecule has 6 heteroatoms. The lowest BCUT2D eigenvalue weighted by Gasteiger charge is -2.32. The Morgan fingerprint density at radius 3 is 2.18 bits per heavy atom. The number of hydrogen-bond acceptors (Lipinski definition) is 5. The number of hydrogen-bond donors (Lipinski definition) is 0. The van der Waals surface area contributed by atoms with Gasteiger partial charge < -0.3 is 14.4 Å². The Balaban J connectivity index is 3.31. The number of esters is 1. The zero-order valence-electron chi connectivity index (χ0n) is 13.5. The van der Waals surface area contributed by atoms with Gasteiger partial charge in [0.05, 0.1) is 25.6 Å². The minimum absolute atomic E-state index is 0.302. The average molecular weight is 339 g/mol. The highest BCUT2D eigenvalue weighted by Crippen LogP contribution is 2.28. The van der Waals surface area contributed by atoms with E-state index in [1.807, 2.05) is 32.0 Å². The van der Waals surface area contributed by atoms with Crippen molar-refractivity contribution in [2.24, 2.45) is 0 Å². The molecule has 0 radical (unpaired) electrons. The van der Waals surface area contributed by atoms with Gasteiger partial charge in [-0.15, -0.1) is 0 Å². The van der Waals surface area contributed by atoms with Crippen molar-refractivity contribution < 1.29 is 14.3 Å². The van der Waals surface area contributed by atoms with E-state index >= 15 is 0 Å². The first-order valence-electron chi connectivity index (χ1n) is 6.86. The number of anilines is 1. The molecule has 0 heterocycles. The third-order valence-corrected chi connectivity index (χ3v) is 4.05. The molecule has 1 aromatic rings. The molecule has 0 spiro atoms. The molecule has 22 heavy (non-hydrogen) atoms. The van der Waals surface area contributed by atoms with E-state index in [-0.39, 0.29) is 5.97 Å². The molecular weight excluding hydrogens is 318 g/mol. The number of thiocarbonyl (C=S) groups is 2. The highest BCUT2D eigenvalue weighted by Gasteiger charge is 2.28. The van der Waals surface area contributed by atoms with Crippen LogP contribution in [-0.4, -0.2) is 36.3 Å². The van der Waals surface area contributed by atoms with Gasteiger partial charge in [0, 0.05) is 5.69 Å². The van der Waals surface area contributed by atoms with E-state index in [0.29, 0.717) is 16.5 Å². The predicted octanol–water partition coefficient (Wildman–Crippen LogP) is 3.36. The summed E-state index contributed by atoms with van der Waals surface area (Å²) in [5, 5.41) is 0.387. The van der Waals surface area contributed by atoms with Crippen molar-refractivity contribution in [1.29, 1.82) is 0 Å². The molecule has 0 aliphatic heterocycles. The predicted molar refractivity (Wildman–Crippen MR) is 96.7 cm³/mol. The molecule has 0 saturated heterocycles. The van der Waals surface area contributed by atoms with Gasteiger partial charge in [-0.3, -0.25) is 0 Å². The summed E-state index contributed by atoms with van der Waals surface area (Å²) < 4.78 is 9.91. The maximum atomic E-state index is 12.0. The van der Waals surface area contributed by atoms with Gasteiger partial charge in [0.2, 0.25) is 0 Å². The number of ether oxygens (including phenoxy) is 2. The highest BCUT2D eigenvalue weighted by molar-refractivity contribution is 7.82. The molecule has 4 nitrogen and oxygen atoms in total. The summed E-state index contributed by atoms with van der Waals surface area (Å²) in [4.78, 5) is 14.4. The quantitative estimate of drug-likeness (QED) is 0.605. The number of benzene rings is 1. The van der Waals surface area contributed by atoms with Crippen LogP contribution in [0.2, 0.25) is 0 Å². The van der Waals surface area contributed by atoms with Crippen LogP contribution in [0.3, 0.4) is 0 Å². The molecule has 0 aliphatic carbocycles. The molecule has 1 rings (SSSR count). The van der Waals surface area contributed by atoms with E-state index < -0.39 is 6.04 Å². The van der Waals surface area contributed by atoms with Crippen LogP contribution in [0.5, 0.6) is 0 Å². The van der Waals surface area contributed by atoms with Crippen LogP contribution in [0.15, 0.2) is 18.2 Å². The van der Waals surface area contributed by atoms with Crippen molar-refractivity contribution in [3.63, 3.8) is 0 Å². The Morgan fingerprint density at radius 1 is 1.18 bits per heavy atom. The van der Waals surface area contributed by atoms with Crippen LogP contribution in [-0.2, 0) is 14.3 Å². The van der Waals surface area contributed by atoms with Crippen LogP contribution in [0, 0.1) is 13.8 Å². The number of carbonyl (C=O) groups excluding carboxylic acids is 1. The monoisotopic (exact) mass is 339 g/mol. The van der Waals surface area contributed by atoms with Crippen LogP contribution in [0.25, 0.3) is 0 Å². The molecule has 1 unspecified atom stereocenters. The van der Waals surface area contributed by atoms with Crippen LogP contribution < -0.4 is 4.90 Å². The minimum atomic E-state index is -0.544. The Morgan fingerprint density at radius 2 is 1.73 bits per heavy atom. The molecule has 0 amide bonds. The molecule has 0 aliphatic rings. The molecular formula is C16H21NO3S2. The number of carbonyl (C=O) groups is 1. The van der Waals surface area contributed by atoms with Crippen LogP contribution in [0.4, 0.5) is 5.69 Å². The summed E-state index contributed by atoms with van der Waals surface area (Å²) in [5.41, 5.74) is 2.96. The Bertz CT molecular complexity index is 567. The number of rotatable bonds is 5. The van der Waals surface area contributed by atoms with Gasteiger partial charge in [-0.2, -0.15) is 0 Å². The summed E-state index contributed by atoms with van der Waals surface area (Å²) in [7, 11) is 2.88. The van der Waals surface area contributed by atoms with Gasteiger partial charge in [-0.1, -0.05) is 30.4 Å². The van der Waals surface area contributed by atoms with E-state index in [1.54, 1.807) is 11.8 Å². The fourth-order valence-electron chi connectivity index (χ4n) is 2.28. The van der Waals surface area contributed by atoms with Crippen LogP contribution in [0.1, 0.15) is 24.5 Å². The smallest absolute Gasteiger partial charge is 0.328 e. The summed E-state index contributed by atoms with van der Waals surface area (Å²) in [6.07, 6.45) is 0.302. The number of para-hydroxylation sites is 1. The molecule has 1 aromatic carbocycles. The van der Waals surface area contributed by atoms with Crippen molar-refractivity contribution in [2.75, 3.05) is 19.1 Å². The van der Waals surface area contributed by atoms with Crippen molar-refractivity contribution in [2.45, 2.75) is 33.2 Å². The third-order valence-electron chi connectivity index (χ3n) is 3.40. The molecule has 0 fully saturated rings. The first-order valence-corrected chi connectivity index (χ1v) is 7.68. The zero-order chi connectivity index (χ0) is 16.9. The summed E-state index contributed by atoms with van der Waals surface area (Å²) in [5.74, 6) is -0.353. The second-order valence-corrected chi connectivity index (χ2v) is 5.88. The van der Waals surface area contributed by atoms with Gasteiger partial charge in [-0.25, -0.2) is 4.79 Å². The maximum absolute atomic E-state index is 12.0. The topological polar surface area (TPSA) is 38.8 Å². The van der Waals surface area contributed by atoms with Gasteiger partial charge in [0.1, 0.15) is 6.04 Å². The van der Waals surface area contributed by atoms with E-state index in [2.05, 4.69) is 0 Å². The molecule has 0 aromatic heterocycles. The molecule has 0 saturated carbocycles. The number of aryl methyl sites for hydroxylation is 2. The third kappa shape index (κ3) is 4.24. The second-order valence-electron chi connectivity index (χ2n) is 4.96. The van der Waals surface area contributed by atoms with Crippen molar-refractivity contribution in [3.05, 3.63) is 29.3 Å². The van der Waals surface area contributed by atoms with Crippen LogP contribution >= 0.6 is 24.4 Å². The fourth-order valence-corrected chi connectivity index (χ4v) is 2.89. The van der Waals surface area contributed by atoms with Crippen molar-refractivity contribution in [3.8, 4) is 0 Å². The Labute approximate surface area is 142 Å². The summed E-state index contributed by atoms with van der Waals surface area (Å²) >= 11 is 10.6. The van der Waals surface area contributed by atoms with Gasteiger partial charge in [-0.05, 0) is 44.1 Å². The first kappa shape index (κ1) is 18.5. The molecule has 0 N–H and O–H groups in total. The molecule has 120 valence electrons. The number of methoxy groups -OCH3 is 2. The maximum Gasteiger partial charge on any atom is 0.328 e. The largest absolute Gasteiger partial charge is 0.490 e. The summed E-state index contributed by atoms with van der Waals surface area (Å²) in [6.45, 7) is 5.73. The standard InChI is InChI=1S/C16H21NO3S2/c1-10-7-6-8-11(2)15(10)17(12(3)16(18)20-5)13(21)9-14(22)19-4/h6-8,12H,9H2,1-5H3. The van der Waals surface area contributed by atoms with Crippen molar-refractivity contribution >= 4 is 46.1 Å². The van der Waals surface area contributed by atoms with Gasteiger partial charge in [0.15, 0.2) is 5.05 Å². The Kier molecular flexibility index (Phi) is 6.90. The van der Waals surface area contributed by atoms with Crippen molar-refractivity contribution in [1.82, 2.24) is 0 Å². The zero-order valence-corrected chi connectivity index (χ0v) is 15.1. The first-order chi connectivity index (χ1) is 10.3. The summed E-state index contributed by atoms with van der Waals surface area (Å²) in [6, 6.07) is 5.39. The molecule has 0 bridgehead atoms. The lowest BCUT2D eigenvalue weighted by Crippen LogP contribution is -2.44. The van der Waals surface area contributed by atoms with Gasteiger partial charge >= 0.3 is 5.97 Å². The Hall–Kier alpha value is -1.53. The minimum Gasteiger partial charge on any atom is -0.490 e. The second kappa shape index (κ2) is 8.19. The highest BCUT2D eigenvalue weighted by atomic mass is 32.1. The normalized spacial score (nSPS) is 11.5. The average Bonchev–Trinajstić information content (AvgIpc) is 2.49. The van der Waals surface area contributed by atoms with E-state index in [1.165, 1.54) is 14.2 Å². The fraction of sp³-hybridized carbons (Fsp3) is 0.438. The lowest BCUT2D eigenvalue weighted by atomic mass is 10.1. The molecule has 1 atom stereocenters. The van der Waals surface area contributed by atoms with E-state index in [9.17, 15) is 4.79 Å². The van der Waals surface area contributed by atoms with E-state index in [0.717, 1.165) is 16.8 Å².